The molecule has 0 heterocycles. The molecule has 1 aliphatic rings. The number of nitrogens with two attached hydrogens (primary N) is 1. The van der Waals surface area contributed by atoms with Crippen molar-refractivity contribution >= 4 is 11.9 Å². The highest BCUT2D eigenvalue weighted by molar-refractivity contribution is 5.81. The number of para-hydroxylation sites is 1. The van der Waals surface area contributed by atoms with Gasteiger partial charge in [0.15, 0.2) is 5.96 Å². The zero-order chi connectivity index (χ0) is 14.4. The Hall–Kier alpha value is -2.04. The largest absolute Gasteiger partial charge is 0.426 e. The zero-order valence-corrected chi connectivity index (χ0v) is 11.5. The van der Waals surface area contributed by atoms with Crippen LogP contribution < -0.4 is 15.8 Å². The Labute approximate surface area is 119 Å². The van der Waals surface area contributed by atoms with E-state index in [1.54, 1.807) is 12.1 Å². The summed E-state index contributed by atoms with van der Waals surface area (Å²) in [6.45, 7) is 0.369. The fourth-order valence-corrected chi connectivity index (χ4v) is 2.65. The second kappa shape index (κ2) is 6.41. The first-order valence-corrected chi connectivity index (χ1v) is 6.98. The number of benzene rings is 1. The highest BCUT2D eigenvalue weighted by Crippen LogP contribution is 2.37. The van der Waals surface area contributed by atoms with E-state index in [4.69, 9.17) is 15.9 Å². The summed E-state index contributed by atoms with van der Waals surface area (Å²) < 4.78 is 5.50. The Morgan fingerprint density at radius 1 is 1.25 bits per heavy atom. The summed E-state index contributed by atoms with van der Waals surface area (Å²) >= 11 is 0. The van der Waals surface area contributed by atoms with E-state index >= 15 is 0 Å². The van der Waals surface area contributed by atoms with Crippen LogP contribution in [0.4, 0.5) is 0 Å². The topological polar surface area (TPSA) is 88.2 Å². The summed E-state index contributed by atoms with van der Waals surface area (Å²) in [7, 11) is 0. The maximum absolute atomic E-state index is 12.5. The number of rotatable bonds is 4. The Morgan fingerprint density at radius 2 is 1.90 bits per heavy atom. The van der Waals surface area contributed by atoms with Crippen LogP contribution in [0, 0.1) is 10.8 Å². The van der Waals surface area contributed by atoms with Crippen LogP contribution in [0.25, 0.3) is 0 Å². The van der Waals surface area contributed by atoms with Gasteiger partial charge in [0.05, 0.1) is 5.41 Å². The average molecular weight is 275 g/mol. The summed E-state index contributed by atoms with van der Waals surface area (Å²) in [5, 5.41) is 10.1. The number of ether oxygens (including phenoxy) is 1. The van der Waals surface area contributed by atoms with Crippen LogP contribution in [0.1, 0.15) is 32.1 Å². The van der Waals surface area contributed by atoms with E-state index in [0.29, 0.717) is 12.3 Å². The third-order valence-electron chi connectivity index (χ3n) is 3.81. The Kier molecular flexibility index (Phi) is 4.61. The number of carbonyl (C=O) groups excluding carboxylic acids is 1. The van der Waals surface area contributed by atoms with Crippen LogP contribution in [-0.4, -0.2) is 18.5 Å². The lowest BCUT2D eigenvalue weighted by molar-refractivity contribution is -0.147. The van der Waals surface area contributed by atoms with Gasteiger partial charge >= 0.3 is 5.97 Å². The molecule has 1 aromatic rings. The Bertz CT molecular complexity index is 467. The first-order valence-electron chi connectivity index (χ1n) is 6.98. The van der Waals surface area contributed by atoms with Crippen LogP contribution >= 0.6 is 0 Å². The van der Waals surface area contributed by atoms with E-state index in [9.17, 15) is 4.79 Å². The molecule has 1 aromatic carbocycles. The molecule has 0 radical (unpaired) electrons. The van der Waals surface area contributed by atoms with Gasteiger partial charge in [0.2, 0.25) is 0 Å². The fourth-order valence-electron chi connectivity index (χ4n) is 2.65. The van der Waals surface area contributed by atoms with Gasteiger partial charge in [-0.2, -0.15) is 0 Å². The Morgan fingerprint density at radius 3 is 2.50 bits per heavy atom. The van der Waals surface area contributed by atoms with E-state index in [0.717, 1.165) is 32.1 Å². The summed E-state index contributed by atoms with van der Waals surface area (Å²) in [5.41, 5.74) is 4.77. The van der Waals surface area contributed by atoms with Crippen LogP contribution in [0.3, 0.4) is 0 Å². The van der Waals surface area contributed by atoms with Crippen molar-refractivity contribution < 1.29 is 9.53 Å². The standard InChI is InChI=1S/C15H21N3O2/c16-14(17)18-11-15(9-5-2-6-10-15)13(19)20-12-7-3-1-4-8-12/h1,3-4,7-8H,2,5-6,9-11H2,(H4,16,17,18). The smallest absolute Gasteiger partial charge is 0.319 e. The molecule has 0 aromatic heterocycles. The van der Waals surface area contributed by atoms with Crippen molar-refractivity contribution in [3.05, 3.63) is 30.3 Å². The number of hydrogen-bond donors (Lipinski definition) is 3. The van der Waals surface area contributed by atoms with E-state index in [1.165, 1.54) is 0 Å². The molecule has 1 aliphatic carbocycles. The van der Waals surface area contributed by atoms with Crippen molar-refractivity contribution in [2.75, 3.05) is 6.54 Å². The van der Waals surface area contributed by atoms with Crippen LogP contribution in [0.15, 0.2) is 30.3 Å². The average Bonchev–Trinajstić information content (AvgIpc) is 2.47. The summed E-state index contributed by atoms with van der Waals surface area (Å²) in [6, 6.07) is 9.10. The van der Waals surface area contributed by atoms with E-state index < -0.39 is 5.41 Å². The van der Waals surface area contributed by atoms with Gasteiger partial charge in [-0.25, -0.2) is 0 Å². The van der Waals surface area contributed by atoms with Gasteiger partial charge in [0.25, 0.3) is 0 Å². The first kappa shape index (κ1) is 14.4. The van der Waals surface area contributed by atoms with Crippen LogP contribution in [0.2, 0.25) is 0 Å². The molecular formula is C15H21N3O2. The summed E-state index contributed by atoms with van der Waals surface area (Å²) in [4.78, 5) is 12.5. The SMILES string of the molecule is N=C(N)NCC1(C(=O)Oc2ccccc2)CCCCC1. The van der Waals surface area contributed by atoms with Crippen LogP contribution in [-0.2, 0) is 4.79 Å². The maximum Gasteiger partial charge on any atom is 0.319 e. The molecule has 0 spiro atoms. The quantitative estimate of drug-likeness (QED) is 0.339. The first-order chi connectivity index (χ1) is 9.62. The third-order valence-corrected chi connectivity index (χ3v) is 3.81. The van der Waals surface area contributed by atoms with Crippen molar-refractivity contribution in [3.8, 4) is 5.75 Å². The maximum atomic E-state index is 12.5. The highest BCUT2D eigenvalue weighted by Gasteiger charge is 2.41. The van der Waals surface area contributed by atoms with Gasteiger partial charge < -0.3 is 15.8 Å². The van der Waals surface area contributed by atoms with Crippen molar-refractivity contribution in [2.24, 2.45) is 11.1 Å². The van der Waals surface area contributed by atoms with Gasteiger partial charge in [0, 0.05) is 6.54 Å². The van der Waals surface area contributed by atoms with Crippen molar-refractivity contribution in [1.29, 1.82) is 5.41 Å². The molecule has 0 bridgehead atoms. The van der Waals surface area contributed by atoms with Gasteiger partial charge in [-0.15, -0.1) is 0 Å². The predicted octanol–water partition coefficient (Wildman–Crippen LogP) is 2.03. The number of nitrogens with one attached hydrogen (secondary N) is 2. The second-order valence-corrected chi connectivity index (χ2v) is 5.31. The molecule has 0 atom stereocenters. The van der Waals surface area contributed by atoms with E-state index in [-0.39, 0.29) is 11.9 Å². The highest BCUT2D eigenvalue weighted by atomic mass is 16.5. The van der Waals surface area contributed by atoms with Crippen molar-refractivity contribution in [2.45, 2.75) is 32.1 Å². The van der Waals surface area contributed by atoms with Gasteiger partial charge in [0.1, 0.15) is 5.75 Å². The molecule has 5 heteroatoms. The van der Waals surface area contributed by atoms with Crippen molar-refractivity contribution in [3.63, 3.8) is 0 Å². The molecule has 0 aliphatic heterocycles. The van der Waals surface area contributed by atoms with Crippen molar-refractivity contribution in [1.82, 2.24) is 5.32 Å². The molecule has 0 unspecified atom stereocenters. The molecular weight excluding hydrogens is 254 g/mol. The second-order valence-electron chi connectivity index (χ2n) is 5.31. The molecule has 108 valence electrons. The zero-order valence-electron chi connectivity index (χ0n) is 11.5. The monoisotopic (exact) mass is 275 g/mol. The predicted molar refractivity (Wildman–Crippen MR) is 77.5 cm³/mol. The summed E-state index contributed by atoms with van der Waals surface area (Å²) in [5.74, 6) is 0.227. The number of esters is 1. The molecule has 5 nitrogen and oxygen atoms in total. The molecule has 20 heavy (non-hydrogen) atoms. The lowest BCUT2D eigenvalue weighted by Gasteiger charge is -2.34. The normalized spacial score (nSPS) is 17.2. The fraction of sp³-hybridized carbons (Fsp3) is 0.467. The lowest BCUT2D eigenvalue weighted by atomic mass is 9.74. The molecule has 0 saturated heterocycles. The minimum atomic E-state index is -0.570. The number of hydrogen-bond acceptors (Lipinski definition) is 3. The Balaban J connectivity index is 2.09. The number of carbonyl (C=O) groups is 1. The van der Waals surface area contributed by atoms with Gasteiger partial charge in [-0.1, -0.05) is 37.5 Å². The lowest BCUT2D eigenvalue weighted by Crippen LogP contribution is -2.47. The molecule has 2 rings (SSSR count). The van der Waals surface area contributed by atoms with E-state index in [2.05, 4.69) is 5.32 Å². The number of guanidine groups is 1. The summed E-state index contributed by atoms with van der Waals surface area (Å²) in [6.07, 6.45) is 4.70. The molecule has 0 amide bonds. The molecule has 4 N–H and O–H groups in total. The van der Waals surface area contributed by atoms with Gasteiger partial charge in [-0.05, 0) is 25.0 Å². The molecule has 1 saturated carbocycles. The minimum Gasteiger partial charge on any atom is -0.426 e. The van der Waals surface area contributed by atoms with Crippen LogP contribution in [0.5, 0.6) is 5.75 Å². The third kappa shape index (κ3) is 3.50. The minimum absolute atomic E-state index is 0.109. The van der Waals surface area contributed by atoms with E-state index in [1.807, 2.05) is 18.2 Å². The van der Waals surface area contributed by atoms with Gasteiger partial charge in [-0.3, -0.25) is 10.2 Å². The molecule has 1 fully saturated rings.